The second kappa shape index (κ2) is 9.20. The predicted molar refractivity (Wildman–Crippen MR) is 114 cm³/mol. The molecule has 0 amide bonds. The zero-order valence-electron chi connectivity index (χ0n) is 15.8. The quantitative estimate of drug-likeness (QED) is 0.430. The molecule has 5 heteroatoms. The summed E-state index contributed by atoms with van der Waals surface area (Å²) in [6.07, 6.45) is 3.73. The standard InChI is InChI=1S/C21H17ClN2.C2H4O2/c1-15-19-10-9-18(22)12-20(19)24(14-16-6-3-2-4-7-16)21(15)17-8-5-11-23-13-17;1-4-2-3/h2-13H,14H2,1H3;2H,1H3. The number of nitrogens with zero attached hydrogens (tertiary/aromatic N) is 2. The summed E-state index contributed by atoms with van der Waals surface area (Å²) in [6.45, 7) is 3.34. The maximum Gasteiger partial charge on any atom is 0.292 e. The number of ether oxygens (including phenoxy) is 1. The number of halogens is 1. The van der Waals surface area contributed by atoms with Crippen molar-refractivity contribution in [3.8, 4) is 11.3 Å². The minimum absolute atomic E-state index is 0.375. The Hall–Kier alpha value is -3.11. The number of carbonyl (C=O) groups is 1. The molecule has 0 aliphatic rings. The molecule has 0 radical (unpaired) electrons. The van der Waals surface area contributed by atoms with E-state index in [1.807, 2.05) is 30.5 Å². The van der Waals surface area contributed by atoms with E-state index in [1.54, 1.807) is 6.20 Å². The van der Waals surface area contributed by atoms with Crippen LogP contribution >= 0.6 is 11.6 Å². The van der Waals surface area contributed by atoms with Gasteiger partial charge in [-0.05, 0) is 42.3 Å². The Bertz CT molecular complexity index is 1060. The van der Waals surface area contributed by atoms with Gasteiger partial charge in [0.05, 0.1) is 18.3 Å². The highest BCUT2D eigenvalue weighted by molar-refractivity contribution is 6.31. The van der Waals surface area contributed by atoms with Gasteiger partial charge >= 0.3 is 0 Å². The minimum atomic E-state index is 0.375. The first kappa shape index (κ1) is 19.6. The number of methoxy groups -OCH3 is 1. The van der Waals surface area contributed by atoms with E-state index >= 15 is 0 Å². The predicted octanol–water partition coefficient (Wildman–Crippen LogP) is 5.50. The largest absolute Gasteiger partial charge is 0.471 e. The maximum absolute atomic E-state index is 8.95. The van der Waals surface area contributed by atoms with E-state index in [0.29, 0.717) is 6.47 Å². The topological polar surface area (TPSA) is 44.1 Å². The van der Waals surface area contributed by atoms with Crippen molar-refractivity contribution in [2.45, 2.75) is 13.5 Å². The molecule has 0 spiro atoms. The highest BCUT2D eigenvalue weighted by Gasteiger charge is 2.16. The number of carbonyl (C=O) groups excluding carboxylic acids is 1. The van der Waals surface area contributed by atoms with Crippen molar-refractivity contribution < 1.29 is 9.53 Å². The molecule has 4 aromatic rings. The number of benzene rings is 2. The van der Waals surface area contributed by atoms with E-state index in [2.05, 4.69) is 57.6 Å². The van der Waals surface area contributed by atoms with Gasteiger partial charge in [0.15, 0.2) is 0 Å². The second-order valence-corrected chi connectivity index (χ2v) is 6.72. The van der Waals surface area contributed by atoms with Gasteiger partial charge in [-0.2, -0.15) is 0 Å². The van der Waals surface area contributed by atoms with Crippen molar-refractivity contribution in [1.29, 1.82) is 0 Å². The maximum atomic E-state index is 8.95. The molecule has 0 atom stereocenters. The molecule has 142 valence electrons. The van der Waals surface area contributed by atoms with Gasteiger partial charge in [0, 0.05) is 34.9 Å². The van der Waals surface area contributed by atoms with Gasteiger partial charge in [-0.15, -0.1) is 0 Å². The molecule has 2 heterocycles. The molecule has 0 saturated heterocycles. The third-order valence-electron chi connectivity index (χ3n) is 4.49. The molecule has 4 rings (SSSR count). The lowest BCUT2D eigenvalue weighted by Gasteiger charge is -2.12. The third-order valence-corrected chi connectivity index (χ3v) is 4.73. The number of aromatic nitrogens is 2. The summed E-state index contributed by atoms with van der Waals surface area (Å²) >= 11 is 6.28. The molecule has 0 fully saturated rings. The second-order valence-electron chi connectivity index (χ2n) is 6.28. The van der Waals surface area contributed by atoms with E-state index < -0.39 is 0 Å². The molecule has 4 nitrogen and oxygen atoms in total. The van der Waals surface area contributed by atoms with Crippen LogP contribution in [-0.4, -0.2) is 23.1 Å². The van der Waals surface area contributed by atoms with Crippen LogP contribution in [-0.2, 0) is 16.1 Å². The van der Waals surface area contributed by atoms with Gasteiger partial charge in [-0.3, -0.25) is 9.78 Å². The van der Waals surface area contributed by atoms with E-state index in [4.69, 9.17) is 16.4 Å². The van der Waals surface area contributed by atoms with Crippen molar-refractivity contribution in [2.75, 3.05) is 7.11 Å². The van der Waals surface area contributed by atoms with Crippen molar-refractivity contribution in [2.24, 2.45) is 0 Å². The number of hydrogen-bond donors (Lipinski definition) is 0. The van der Waals surface area contributed by atoms with Crippen LogP contribution in [0.4, 0.5) is 0 Å². The number of fused-ring (bicyclic) bond motifs is 1. The SMILES string of the molecule is COC=O.Cc1c(-c2cccnc2)n(Cc2ccccc2)c2cc(Cl)ccc12. The molecule has 0 aliphatic heterocycles. The first-order chi connectivity index (χ1) is 13.7. The summed E-state index contributed by atoms with van der Waals surface area (Å²) in [7, 11) is 1.31. The molecule has 2 aromatic heterocycles. The van der Waals surface area contributed by atoms with Gasteiger partial charge in [0.25, 0.3) is 6.47 Å². The van der Waals surface area contributed by atoms with Crippen LogP contribution in [0.2, 0.25) is 5.02 Å². The number of hydrogen-bond acceptors (Lipinski definition) is 3. The zero-order chi connectivity index (χ0) is 19.9. The summed E-state index contributed by atoms with van der Waals surface area (Å²) in [5.74, 6) is 0. The van der Waals surface area contributed by atoms with Crippen molar-refractivity contribution in [3.63, 3.8) is 0 Å². The summed E-state index contributed by atoms with van der Waals surface area (Å²) in [5.41, 5.74) is 6.00. The Labute approximate surface area is 169 Å². The van der Waals surface area contributed by atoms with Gasteiger partial charge in [0.1, 0.15) is 0 Å². The minimum Gasteiger partial charge on any atom is -0.471 e. The molecule has 28 heavy (non-hydrogen) atoms. The number of rotatable bonds is 4. The van der Waals surface area contributed by atoms with Crippen molar-refractivity contribution in [1.82, 2.24) is 9.55 Å². The molecule has 0 saturated carbocycles. The Kier molecular flexibility index (Phi) is 6.45. The highest BCUT2D eigenvalue weighted by Crippen LogP contribution is 2.34. The van der Waals surface area contributed by atoms with Gasteiger partial charge < -0.3 is 9.30 Å². The Morgan fingerprint density at radius 2 is 1.86 bits per heavy atom. The highest BCUT2D eigenvalue weighted by atomic mass is 35.5. The van der Waals surface area contributed by atoms with Gasteiger partial charge in [0.2, 0.25) is 0 Å². The summed E-state index contributed by atoms with van der Waals surface area (Å²) in [6, 6.07) is 20.7. The first-order valence-corrected chi connectivity index (χ1v) is 9.22. The van der Waals surface area contributed by atoms with Gasteiger partial charge in [-0.25, -0.2) is 0 Å². The first-order valence-electron chi connectivity index (χ1n) is 8.84. The summed E-state index contributed by atoms with van der Waals surface area (Å²) in [4.78, 5) is 13.3. The molecular formula is C23H21ClN2O2. The van der Waals surface area contributed by atoms with Crippen LogP contribution in [0.25, 0.3) is 22.2 Å². The average Bonchev–Trinajstić information content (AvgIpc) is 3.00. The van der Waals surface area contributed by atoms with Crippen LogP contribution in [0.1, 0.15) is 11.1 Å². The van der Waals surface area contributed by atoms with Crippen LogP contribution in [0.3, 0.4) is 0 Å². The van der Waals surface area contributed by atoms with Crippen LogP contribution in [0.15, 0.2) is 73.1 Å². The molecular weight excluding hydrogens is 372 g/mol. The Morgan fingerprint density at radius 3 is 2.50 bits per heavy atom. The van der Waals surface area contributed by atoms with E-state index in [1.165, 1.54) is 29.3 Å². The van der Waals surface area contributed by atoms with E-state index in [9.17, 15) is 0 Å². The fraction of sp³-hybridized carbons (Fsp3) is 0.130. The normalized spacial score (nSPS) is 10.2. The number of aryl methyl sites for hydroxylation is 1. The van der Waals surface area contributed by atoms with Crippen molar-refractivity contribution in [3.05, 3.63) is 89.2 Å². The molecule has 0 aliphatic carbocycles. The zero-order valence-corrected chi connectivity index (χ0v) is 16.6. The molecule has 0 unspecified atom stereocenters. The fourth-order valence-electron chi connectivity index (χ4n) is 3.30. The van der Waals surface area contributed by atoms with E-state index in [0.717, 1.165) is 22.6 Å². The fourth-order valence-corrected chi connectivity index (χ4v) is 3.47. The van der Waals surface area contributed by atoms with Crippen LogP contribution in [0, 0.1) is 6.92 Å². The molecule has 0 N–H and O–H groups in total. The lowest BCUT2D eigenvalue weighted by molar-refractivity contribution is -0.126. The van der Waals surface area contributed by atoms with Crippen molar-refractivity contribution >= 4 is 29.0 Å². The Morgan fingerprint density at radius 1 is 1.11 bits per heavy atom. The monoisotopic (exact) mass is 392 g/mol. The lowest BCUT2D eigenvalue weighted by atomic mass is 10.1. The number of pyridine rings is 1. The van der Waals surface area contributed by atoms with E-state index in [-0.39, 0.29) is 0 Å². The summed E-state index contributed by atoms with van der Waals surface area (Å²) in [5, 5.41) is 1.99. The lowest BCUT2D eigenvalue weighted by Crippen LogP contribution is -2.02. The van der Waals surface area contributed by atoms with Crippen LogP contribution < -0.4 is 0 Å². The average molecular weight is 393 g/mol. The molecule has 0 bridgehead atoms. The molecule has 2 aromatic carbocycles. The smallest absolute Gasteiger partial charge is 0.292 e. The van der Waals surface area contributed by atoms with Crippen LogP contribution in [0.5, 0.6) is 0 Å². The summed E-state index contributed by atoms with van der Waals surface area (Å²) < 4.78 is 6.20. The van der Waals surface area contributed by atoms with Gasteiger partial charge in [-0.1, -0.05) is 48.0 Å². The Balaban J connectivity index is 0.000000516. The third kappa shape index (κ3) is 4.24.